The molecule has 0 spiro atoms. The van der Waals surface area contributed by atoms with Crippen molar-refractivity contribution in [3.8, 4) is 0 Å². The minimum Gasteiger partial charge on any atom is -0.377 e. The van der Waals surface area contributed by atoms with Gasteiger partial charge in [-0.3, -0.25) is 0 Å². The maximum absolute atomic E-state index is 5.15. The van der Waals surface area contributed by atoms with Crippen LogP contribution in [-0.2, 0) is 17.9 Å². The van der Waals surface area contributed by atoms with E-state index >= 15 is 0 Å². The monoisotopic (exact) mass is 278 g/mol. The molecule has 0 radical (unpaired) electrons. The molecule has 1 aromatic rings. The fourth-order valence-electron chi connectivity index (χ4n) is 3.62. The SMILES string of the molecule is COCc1nc2n(n1)CCC[C@@H]2N[C@@H]1CCC[C@@H](C)C1. The van der Waals surface area contributed by atoms with E-state index in [1.807, 2.05) is 0 Å². The van der Waals surface area contributed by atoms with Crippen LogP contribution < -0.4 is 5.32 Å². The molecular weight excluding hydrogens is 252 g/mol. The lowest BCUT2D eigenvalue weighted by molar-refractivity contribution is 0.177. The van der Waals surface area contributed by atoms with E-state index in [-0.39, 0.29) is 0 Å². The second-order valence-electron chi connectivity index (χ2n) is 6.37. The average Bonchev–Trinajstić information content (AvgIpc) is 2.83. The second kappa shape index (κ2) is 6.22. The maximum atomic E-state index is 5.15. The molecule has 1 saturated carbocycles. The molecule has 2 aliphatic rings. The van der Waals surface area contributed by atoms with Gasteiger partial charge < -0.3 is 10.1 Å². The van der Waals surface area contributed by atoms with Gasteiger partial charge in [0.15, 0.2) is 5.82 Å². The number of ether oxygens (including phenoxy) is 1. The summed E-state index contributed by atoms with van der Waals surface area (Å²) >= 11 is 0. The third kappa shape index (κ3) is 3.04. The number of methoxy groups -OCH3 is 1. The van der Waals surface area contributed by atoms with Gasteiger partial charge in [-0.2, -0.15) is 5.10 Å². The number of nitrogens with zero attached hydrogens (tertiary/aromatic N) is 3. The number of hydrogen-bond acceptors (Lipinski definition) is 4. The van der Waals surface area contributed by atoms with Crippen molar-refractivity contribution < 1.29 is 4.74 Å². The topological polar surface area (TPSA) is 52.0 Å². The van der Waals surface area contributed by atoms with Crippen LogP contribution >= 0.6 is 0 Å². The van der Waals surface area contributed by atoms with E-state index in [9.17, 15) is 0 Å². The Balaban J connectivity index is 1.69. The Bertz CT molecular complexity index is 445. The molecule has 0 unspecified atom stereocenters. The first kappa shape index (κ1) is 14.0. The zero-order valence-electron chi connectivity index (χ0n) is 12.6. The van der Waals surface area contributed by atoms with Gasteiger partial charge >= 0.3 is 0 Å². The lowest BCUT2D eigenvalue weighted by Gasteiger charge is -2.32. The first-order valence-corrected chi connectivity index (χ1v) is 7.95. The van der Waals surface area contributed by atoms with Gasteiger partial charge in [-0.05, 0) is 31.6 Å². The lowest BCUT2D eigenvalue weighted by atomic mass is 9.86. The van der Waals surface area contributed by atoms with Crippen LogP contribution in [0.1, 0.15) is 63.1 Å². The van der Waals surface area contributed by atoms with Crippen LogP contribution in [0.5, 0.6) is 0 Å². The summed E-state index contributed by atoms with van der Waals surface area (Å²) in [7, 11) is 1.69. The van der Waals surface area contributed by atoms with Crippen LogP contribution in [0.2, 0.25) is 0 Å². The van der Waals surface area contributed by atoms with Gasteiger partial charge in [0.25, 0.3) is 0 Å². The molecular formula is C15H26N4O. The molecule has 1 aliphatic carbocycles. The number of fused-ring (bicyclic) bond motifs is 1. The minimum absolute atomic E-state index is 0.372. The van der Waals surface area contributed by atoms with E-state index in [4.69, 9.17) is 4.74 Å². The Labute approximate surface area is 121 Å². The van der Waals surface area contributed by atoms with Crippen molar-refractivity contribution in [1.29, 1.82) is 0 Å². The van der Waals surface area contributed by atoms with E-state index in [0.717, 1.165) is 24.1 Å². The Kier molecular flexibility index (Phi) is 4.36. The smallest absolute Gasteiger partial charge is 0.176 e. The van der Waals surface area contributed by atoms with Crippen molar-refractivity contribution in [2.75, 3.05) is 7.11 Å². The first-order valence-electron chi connectivity index (χ1n) is 7.95. The molecule has 1 aromatic heterocycles. The summed E-state index contributed by atoms with van der Waals surface area (Å²) < 4.78 is 7.22. The minimum atomic E-state index is 0.372. The Morgan fingerprint density at radius 1 is 1.30 bits per heavy atom. The number of aryl methyl sites for hydroxylation is 1. The molecule has 0 saturated heterocycles. The number of rotatable bonds is 4. The van der Waals surface area contributed by atoms with Crippen LogP contribution in [0.25, 0.3) is 0 Å². The third-order valence-electron chi connectivity index (χ3n) is 4.57. The number of aromatic nitrogens is 3. The summed E-state index contributed by atoms with van der Waals surface area (Å²) in [6.07, 6.45) is 7.71. The van der Waals surface area contributed by atoms with E-state index in [1.54, 1.807) is 7.11 Å². The Hall–Kier alpha value is -0.940. The molecule has 1 aliphatic heterocycles. The van der Waals surface area contributed by atoms with E-state index in [2.05, 4.69) is 27.0 Å². The highest BCUT2D eigenvalue weighted by Crippen LogP contribution is 2.29. The predicted molar refractivity (Wildman–Crippen MR) is 77.3 cm³/mol. The van der Waals surface area contributed by atoms with Gasteiger partial charge in [0.05, 0.1) is 6.04 Å². The Morgan fingerprint density at radius 2 is 2.20 bits per heavy atom. The normalized spacial score (nSPS) is 30.2. The van der Waals surface area contributed by atoms with Crippen LogP contribution in [0, 0.1) is 5.92 Å². The zero-order chi connectivity index (χ0) is 13.9. The summed E-state index contributed by atoms with van der Waals surface area (Å²) in [5, 5.41) is 8.38. The number of nitrogens with one attached hydrogen (secondary N) is 1. The van der Waals surface area contributed by atoms with Crippen molar-refractivity contribution in [2.24, 2.45) is 5.92 Å². The van der Waals surface area contributed by atoms with Crippen molar-refractivity contribution >= 4 is 0 Å². The second-order valence-corrected chi connectivity index (χ2v) is 6.37. The molecule has 0 bridgehead atoms. The van der Waals surface area contributed by atoms with Gasteiger partial charge in [0, 0.05) is 19.7 Å². The van der Waals surface area contributed by atoms with E-state index in [1.165, 1.54) is 38.5 Å². The first-order chi connectivity index (χ1) is 9.76. The highest BCUT2D eigenvalue weighted by atomic mass is 16.5. The number of hydrogen-bond donors (Lipinski definition) is 1. The zero-order valence-corrected chi connectivity index (χ0v) is 12.6. The van der Waals surface area contributed by atoms with Crippen molar-refractivity contribution in [1.82, 2.24) is 20.1 Å². The highest BCUT2D eigenvalue weighted by Gasteiger charge is 2.28. The molecule has 2 heterocycles. The van der Waals surface area contributed by atoms with Crippen LogP contribution in [0.15, 0.2) is 0 Å². The molecule has 20 heavy (non-hydrogen) atoms. The van der Waals surface area contributed by atoms with Crippen LogP contribution in [0.4, 0.5) is 0 Å². The molecule has 0 amide bonds. The van der Waals surface area contributed by atoms with Gasteiger partial charge in [0.2, 0.25) is 0 Å². The molecule has 5 nitrogen and oxygen atoms in total. The quantitative estimate of drug-likeness (QED) is 0.919. The molecule has 0 aromatic carbocycles. The highest BCUT2D eigenvalue weighted by molar-refractivity contribution is 5.02. The molecule has 1 fully saturated rings. The van der Waals surface area contributed by atoms with Crippen molar-refractivity contribution in [3.05, 3.63) is 11.6 Å². The van der Waals surface area contributed by atoms with E-state index in [0.29, 0.717) is 18.7 Å². The van der Waals surface area contributed by atoms with Crippen LogP contribution in [-0.4, -0.2) is 27.9 Å². The summed E-state index contributed by atoms with van der Waals surface area (Å²) in [6, 6.07) is 1.02. The van der Waals surface area contributed by atoms with Gasteiger partial charge in [-0.1, -0.05) is 19.8 Å². The average molecular weight is 278 g/mol. The Morgan fingerprint density at radius 3 is 3.00 bits per heavy atom. The summed E-state index contributed by atoms with van der Waals surface area (Å²) in [5.41, 5.74) is 0. The lowest BCUT2D eigenvalue weighted by Crippen LogP contribution is -2.39. The van der Waals surface area contributed by atoms with Gasteiger partial charge in [-0.25, -0.2) is 9.67 Å². The standard InChI is InChI=1S/C15H26N4O/c1-11-5-3-6-12(9-11)16-13-7-4-8-19-15(13)17-14(18-19)10-20-2/h11-13,16H,3-10H2,1-2H3/t11-,12-,13+/m1/s1. The van der Waals surface area contributed by atoms with Crippen molar-refractivity contribution in [3.63, 3.8) is 0 Å². The molecule has 3 rings (SSSR count). The maximum Gasteiger partial charge on any atom is 0.176 e. The largest absolute Gasteiger partial charge is 0.377 e. The summed E-state index contributed by atoms with van der Waals surface area (Å²) in [5.74, 6) is 2.78. The molecule has 3 atom stereocenters. The fourth-order valence-corrected chi connectivity index (χ4v) is 3.62. The third-order valence-corrected chi connectivity index (χ3v) is 4.57. The summed E-state index contributed by atoms with van der Waals surface area (Å²) in [4.78, 5) is 4.67. The fraction of sp³-hybridized carbons (Fsp3) is 0.867. The predicted octanol–water partition coefficient (Wildman–Crippen LogP) is 2.43. The van der Waals surface area contributed by atoms with Crippen LogP contribution in [0.3, 0.4) is 0 Å². The van der Waals surface area contributed by atoms with Gasteiger partial charge in [-0.15, -0.1) is 0 Å². The molecule has 1 N–H and O–H groups in total. The molecule has 112 valence electrons. The van der Waals surface area contributed by atoms with Gasteiger partial charge in [0.1, 0.15) is 12.4 Å². The van der Waals surface area contributed by atoms with E-state index < -0.39 is 0 Å². The van der Waals surface area contributed by atoms with Crippen molar-refractivity contribution in [2.45, 2.75) is 70.7 Å². The summed E-state index contributed by atoms with van der Waals surface area (Å²) in [6.45, 7) is 3.87. The molecule has 5 heteroatoms.